The average Bonchev–Trinajstić information content (AvgIpc) is 2.82. The second-order valence-electron chi connectivity index (χ2n) is 4.15. The molecule has 5 heteroatoms. The second kappa shape index (κ2) is 4.72. The van der Waals surface area contributed by atoms with Gasteiger partial charge in [0, 0.05) is 25.6 Å². The van der Waals surface area contributed by atoms with Crippen molar-refractivity contribution < 1.29 is 4.74 Å². The Labute approximate surface area is 89.6 Å². The molecule has 15 heavy (non-hydrogen) atoms. The number of methoxy groups -OCH3 is 1. The van der Waals surface area contributed by atoms with Crippen molar-refractivity contribution in [1.29, 1.82) is 0 Å². The highest BCUT2D eigenvalue weighted by atomic mass is 16.5. The maximum atomic E-state index is 5.90. The molecule has 2 rings (SSSR count). The van der Waals surface area contributed by atoms with Crippen LogP contribution in [0.2, 0.25) is 0 Å². The number of nitrogens with zero attached hydrogens (tertiary/aromatic N) is 3. The number of nitrogens with two attached hydrogens (primary N) is 1. The Kier molecular flexibility index (Phi) is 3.33. The van der Waals surface area contributed by atoms with Gasteiger partial charge >= 0.3 is 0 Å². The molecule has 0 aromatic carbocycles. The predicted molar refractivity (Wildman–Crippen MR) is 56.5 cm³/mol. The van der Waals surface area contributed by atoms with Gasteiger partial charge in [0.25, 0.3) is 0 Å². The van der Waals surface area contributed by atoms with Gasteiger partial charge in [-0.1, -0.05) is 0 Å². The summed E-state index contributed by atoms with van der Waals surface area (Å²) >= 11 is 0. The molecule has 0 unspecified atom stereocenters. The highest BCUT2D eigenvalue weighted by molar-refractivity contribution is 5.01. The maximum Gasteiger partial charge on any atom is 0.136 e. The molecule has 1 aliphatic rings. The highest BCUT2D eigenvalue weighted by Gasteiger charge is 2.26. The van der Waals surface area contributed by atoms with Crippen molar-refractivity contribution in [2.24, 2.45) is 5.73 Å². The molecule has 1 fully saturated rings. The van der Waals surface area contributed by atoms with Crippen molar-refractivity contribution in [1.82, 2.24) is 14.8 Å². The minimum absolute atomic E-state index is 0.336. The number of ether oxygens (including phenoxy) is 1. The summed E-state index contributed by atoms with van der Waals surface area (Å²) in [7, 11) is 1.70. The molecule has 5 nitrogen and oxygen atoms in total. The molecular formula is C10H18N4O. The zero-order chi connectivity index (χ0) is 10.7. The third-order valence-corrected chi connectivity index (χ3v) is 3.02. The molecular weight excluding hydrogens is 192 g/mol. The standard InChI is InChI=1S/C10H18N4O/c1-15-5-4-14-7-12-13-10(14)8-2-3-9(11)6-8/h7-9H,2-6,11H2,1H3/t8-,9+/m1/s1. The van der Waals surface area contributed by atoms with Gasteiger partial charge in [-0.3, -0.25) is 0 Å². The van der Waals surface area contributed by atoms with Crippen molar-refractivity contribution in [2.45, 2.75) is 37.8 Å². The van der Waals surface area contributed by atoms with Gasteiger partial charge in [0.2, 0.25) is 0 Å². The summed E-state index contributed by atoms with van der Waals surface area (Å²) in [5, 5.41) is 8.15. The SMILES string of the molecule is COCCn1cnnc1[C@@H]1CC[C@H](N)C1. The van der Waals surface area contributed by atoms with Crippen LogP contribution in [0.4, 0.5) is 0 Å². The van der Waals surface area contributed by atoms with Crippen LogP contribution < -0.4 is 5.73 Å². The molecule has 84 valence electrons. The predicted octanol–water partition coefficient (Wildman–Crippen LogP) is 0.519. The molecule has 0 saturated heterocycles. The quantitative estimate of drug-likeness (QED) is 0.786. The van der Waals surface area contributed by atoms with Crippen molar-refractivity contribution in [3.63, 3.8) is 0 Å². The summed E-state index contributed by atoms with van der Waals surface area (Å²) < 4.78 is 7.13. The lowest BCUT2D eigenvalue weighted by Crippen LogP contribution is -2.16. The van der Waals surface area contributed by atoms with Gasteiger partial charge in [0.05, 0.1) is 6.61 Å². The van der Waals surface area contributed by atoms with E-state index in [-0.39, 0.29) is 0 Å². The molecule has 1 saturated carbocycles. The fourth-order valence-electron chi connectivity index (χ4n) is 2.19. The van der Waals surface area contributed by atoms with Gasteiger partial charge in [0.1, 0.15) is 12.2 Å². The largest absolute Gasteiger partial charge is 0.383 e. The van der Waals surface area contributed by atoms with Crippen LogP contribution in [0.3, 0.4) is 0 Å². The van der Waals surface area contributed by atoms with Crippen LogP contribution in [0, 0.1) is 0 Å². The molecule has 2 N–H and O–H groups in total. The fraction of sp³-hybridized carbons (Fsp3) is 0.800. The molecule has 1 aromatic heterocycles. The summed E-state index contributed by atoms with van der Waals surface area (Å²) in [5.74, 6) is 1.55. The first-order valence-corrected chi connectivity index (χ1v) is 5.43. The number of rotatable bonds is 4. The zero-order valence-electron chi connectivity index (χ0n) is 9.09. The third kappa shape index (κ3) is 2.35. The third-order valence-electron chi connectivity index (χ3n) is 3.02. The van der Waals surface area contributed by atoms with E-state index in [1.54, 1.807) is 13.4 Å². The first-order chi connectivity index (χ1) is 7.31. The Morgan fingerprint density at radius 2 is 2.47 bits per heavy atom. The van der Waals surface area contributed by atoms with Gasteiger partial charge in [-0.25, -0.2) is 0 Å². The van der Waals surface area contributed by atoms with Gasteiger partial charge < -0.3 is 15.0 Å². The molecule has 0 spiro atoms. The lowest BCUT2D eigenvalue weighted by molar-refractivity contribution is 0.185. The van der Waals surface area contributed by atoms with Crippen molar-refractivity contribution in [2.75, 3.05) is 13.7 Å². The van der Waals surface area contributed by atoms with Crippen molar-refractivity contribution in [3.8, 4) is 0 Å². The molecule has 0 radical (unpaired) electrons. The van der Waals surface area contributed by atoms with Gasteiger partial charge in [-0.2, -0.15) is 0 Å². The Balaban J connectivity index is 2.04. The topological polar surface area (TPSA) is 66.0 Å². The lowest BCUT2D eigenvalue weighted by atomic mass is 10.1. The summed E-state index contributed by atoms with van der Waals surface area (Å²) in [5.41, 5.74) is 5.90. The van der Waals surface area contributed by atoms with Gasteiger partial charge in [-0.15, -0.1) is 10.2 Å². The molecule has 0 aliphatic heterocycles. The van der Waals surface area contributed by atoms with Crippen LogP contribution in [0.25, 0.3) is 0 Å². The molecule has 1 heterocycles. The molecule has 0 amide bonds. The van der Waals surface area contributed by atoms with Gasteiger partial charge in [0.15, 0.2) is 0 Å². The Bertz CT molecular complexity index is 312. The van der Waals surface area contributed by atoms with Crippen LogP contribution in [0.1, 0.15) is 31.0 Å². The van der Waals surface area contributed by atoms with E-state index in [2.05, 4.69) is 14.8 Å². The summed E-state index contributed by atoms with van der Waals surface area (Å²) in [6, 6.07) is 0.336. The normalized spacial score (nSPS) is 26.0. The highest BCUT2D eigenvalue weighted by Crippen LogP contribution is 2.32. The Morgan fingerprint density at radius 3 is 3.13 bits per heavy atom. The van der Waals surface area contributed by atoms with Gasteiger partial charge in [-0.05, 0) is 19.3 Å². The summed E-state index contributed by atoms with van der Waals surface area (Å²) in [4.78, 5) is 0. The van der Waals surface area contributed by atoms with Crippen molar-refractivity contribution in [3.05, 3.63) is 12.2 Å². The second-order valence-corrected chi connectivity index (χ2v) is 4.15. The monoisotopic (exact) mass is 210 g/mol. The van der Waals surface area contributed by atoms with Crippen LogP contribution >= 0.6 is 0 Å². The number of hydrogen-bond donors (Lipinski definition) is 1. The van der Waals surface area contributed by atoms with Crippen molar-refractivity contribution >= 4 is 0 Å². The Hall–Kier alpha value is -0.940. The number of hydrogen-bond acceptors (Lipinski definition) is 4. The molecule has 1 aromatic rings. The van der Waals surface area contributed by atoms with Crippen LogP contribution in [0.5, 0.6) is 0 Å². The van der Waals surface area contributed by atoms with E-state index in [1.807, 2.05) is 0 Å². The first kappa shape index (κ1) is 10.6. The molecule has 1 aliphatic carbocycles. The minimum atomic E-state index is 0.336. The van der Waals surface area contributed by atoms with E-state index in [0.717, 1.165) is 31.6 Å². The summed E-state index contributed by atoms with van der Waals surface area (Å²) in [6.07, 6.45) is 5.04. The molecule has 2 atom stereocenters. The minimum Gasteiger partial charge on any atom is -0.383 e. The average molecular weight is 210 g/mol. The maximum absolute atomic E-state index is 5.90. The Morgan fingerprint density at radius 1 is 1.60 bits per heavy atom. The smallest absolute Gasteiger partial charge is 0.136 e. The van der Waals surface area contributed by atoms with E-state index in [1.165, 1.54) is 0 Å². The van der Waals surface area contributed by atoms with E-state index in [9.17, 15) is 0 Å². The fourth-order valence-corrected chi connectivity index (χ4v) is 2.19. The zero-order valence-corrected chi connectivity index (χ0v) is 9.09. The first-order valence-electron chi connectivity index (χ1n) is 5.43. The van der Waals surface area contributed by atoms with Crippen LogP contribution in [-0.4, -0.2) is 34.5 Å². The number of aromatic nitrogens is 3. The van der Waals surface area contributed by atoms with E-state index < -0.39 is 0 Å². The van der Waals surface area contributed by atoms with E-state index in [0.29, 0.717) is 18.6 Å². The summed E-state index contributed by atoms with van der Waals surface area (Å²) in [6.45, 7) is 1.52. The van der Waals surface area contributed by atoms with E-state index >= 15 is 0 Å². The molecule has 0 bridgehead atoms. The lowest BCUT2D eigenvalue weighted by Gasteiger charge is -2.11. The van der Waals surface area contributed by atoms with Crippen LogP contribution in [0.15, 0.2) is 6.33 Å². The van der Waals surface area contributed by atoms with E-state index in [4.69, 9.17) is 10.5 Å². The van der Waals surface area contributed by atoms with Crippen LogP contribution in [-0.2, 0) is 11.3 Å².